The number of hydrogen-bond donors (Lipinski definition) is 2. The molecule has 164 valence electrons. The first kappa shape index (κ1) is 20.2. The van der Waals surface area contributed by atoms with Crippen molar-refractivity contribution >= 4 is 40.3 Å². The number of hydrogen-bond acceptors (Lipinski definition) is 9. The van der Waals surface area contributed by atoms with E-state index in [9.17, 15) is 4.79 Å². The largest absolute Gasteiger partial charge is 0.410 e. The molecule has 3 N–H and O–H groups in total. The molecule has 10 nitrogen and oxygen atoms in total. The van der Waals surface area contributed by atoms with Gasteiger partial charge in [0.05, 0.1) is 11.1 Å². The zero-order valence-corrected chi connectivity index (χ0v) is 18.2. The summed E-state index contributed by atoms with van der Waals surface area (Å²) < 4.78 is 6.65. The maximum absolute atomic E-state index is 11.0. The van der Waals surface area contributed by atoms with Gasteiger partial charge in [-0.2, -0.15) is 5.10 Å². The minimum Gasteiger partial charge on any atom is -0.399 e. The monoisotopic (exact) mass is 450 g/mol. The summed E-state index contributed by atoms with van der Waals surface area (Å²) in [7, 11) is 2.15. The number of anilines is 3. The Morgan fingerprint density at radius 2 is 1.88 bits per heavy atom. The Kier molecular flexibility index (Phi) is 5.33. The Morgan fingerprint density at radius 1 is 1.09 bits per heavy atom. The molecule has 0 atom stereocenters. The highest BCUT2D eigenvalue weighted by Gasteiger charge is 2.16. The summed E-state index contributed by atoms with van der Waals surface area (Å²) in [6, 6.07) is 11.8. The number of likely N-dealkylation sites (N-methyl/N-ethyl adjacent to an activating group) is 1. The van der Waals surface area contributed by atoms with Crippen LogP contribution in [0.15, 0.2) is 48.9 Å². The molecule has 1 fully saturated rings. The quantitative estimate of drug-likeness (QED) is 0.477. The number of rotatable bonds is 5. The summed E-state index contributed by atoms with van der Waals surface area (Å²) in [5.41, 5.74) is 8.55. The summed E-state index contributed by atoms with van der Waals surface area (Å²) in [4.78, 5) is 25.5. The van der Waals surface area contributed by atoms with Crippen LogP contribution in [0.1, 0.15) is 0 Å². The molecule has 0 aliphatic carbocycles. The highest BCUT2D eigenvalue weighted by atomic mass is 32.1. The van der Waals surface area contributed by atoms with Gasteiger partial charge in [-0.25, -0.2) is 19.3 Å². The summed E-state index contributed by atoms with van der Waals surface area (Å²) in [5.74, 6) is 0.601. The van der Waals surface area contributed by atoms with E-state index in [1.165, 1.54) is 23.4 Å². The van der Waals surface area contributed by atoms with Gasteiger partial charge < -0.3 is 25.6 Å². The summed E-state index contributed by atoms with van der Waals surface area (Å²) in [6.07, 6.45) is 2.35. The second kappa shape index (κ2) is 8.44. The molecule has 3 aromatic heterocycles. The van der Waals surface area contributed by atoms with E-state index < -0.39 is 6.09 Å². The maximum Gasteiger partial charge on any atom is 0.410 e. The first-order valence-corrected chi connectivity index (χ1v) is 11.0. The van der Waals surface area contributed by atoms with E-state index in [4.69, 9.17) is 10.5 Å². The van der Waals surface area contributed by atoms with Gasteiger partial charge >= 0.3 is 6.09 Å². The van der Waals surface area contributed by atoms with E-state index in [-0.39, 0.29) is 0 Å². The van der Waals surface area contributed by atoms with Crippen molar-refractivity contribution < 1.29 is 9.53 Å². The van der Waals surface area contributed by atoms with Crippen molar-refractivity contribution in [3.63, 3.8) is 0 Å². The number of thiophene rings is 1. The number of carbonyl (C=O) groups is 1. The van der Waals surface area contributed by atoms with Gasteiger partial charge in [-0.15, -0.1) is 0 Å². The van der Waals surface area contributed by atoms with Gasteiger partial charge in [0.1, 0.15) is 12.0 Å². The summed E-state index contributed by atoms with van der Waals surface area (Å²) >= 11 is 1.28. The second-order valence-corrected chi connectivity index (χ2v) is 8.54. The van der Waals surface area contributed by atoms with Crippen LogP contribution >= 0.6 is 11.3 Å². The van der Waals surface area contributed by atoms with Crippen molar-refractivity contribution in [3.05, 3.63) is 48.9 Å². The molecule has 1 aromatic carbocycles. The number of carbonyl (C=O) groups excluding carboxylic acids is 1. The molecule has 0 unspecified atom stereocenters. The van der Waals surface area contributed by atoms with Crippen LogP contribution in [-0.2, 0) is 0 Å². The van der Waals surface area contributed by atoms with E-state index >= 15 is 0 Å². The van der Waals surface area contributed by atoms with Crippen LogP contribution in [0.2, 0.25) is 0 Å². The van der Waals surface area contributed by atoms with Crippen molar-refractivity contribution in [2.45, 2.75) is 0 Å². The third kappa shape index (κ3) is 4.07. The Bertz CT molecular complexity index is 1240. The molecule has 0 spiro atoms. The lowest BCUT2D eigenvalue weighted by Crippen LogP contribution is -2.44. The fourth-order valence-electron chi connectivity index (χ4n) is 3.64. The van der Waals surface area contributed by atoms with Crippen molar-refractivity contribution in [1.82, 2.24) is 24.5 Å². The normalized spacial score (nSPS) is 14.6. The Morgan fingerprint density at radius 3 is 2.62 bits per heavy atom. The third-order valence-electron chi connectivity index (χ3n) is 5.34. The number of amides is 1. The predicted octanol–water partition coefficient (Wildman–Crippen LogP) is 2.81. The zero-order chi connectivity index (χ0) is 22.1. The number of benzene rings is 1. The van der Waals surface area contributed by atoms with Gasteiger partial charge in [0.15, 0.2) is 16.5 Å². The molecule has 1 aliphatic heterocycles. The highest BCUT2D eigenvalue weighted by Crippen LogP contribution is 2.34. The lowest BCUT2D eigenvalue weighted by Gasteiger charge is -2.34. The fraction of sp³-hybridized carbons (Fsp3) is 0.238. The number of aromatic nitrogens is 4. The third-order valence-corrected chi connectivity index (χ3v) is 6.32. The smallest absolute Gasteiger partial charge is 0.399 e. The number of primary amides is 1. The van der Waals surface area contributed by atoms with Crippen molar-refractivity contribution in [2.75, 3.05) is 43.4 Å². The predicted molar refractivity (Wildman–Crippen MR) is 124 cm³/mol. The van der Waals surface area contributed by atoms with Crippen molar-refractivity contribution in [3.8, 4) is 15.6 Å². The van der Waals surface area contributed by atoms with Crippen molar-refractivity contribution in [1.29, 1.82) is 0 Å². The fourth-order valence-corrected chi connectivity index (χ4v) is 4.50. The topological polar surface area (TPSA) is 114 Å². The lowest BCUT2D eigenvalue weighted by atomic mass is 10.2. The molecule has 1 saturated heterocycles. The molecule has 0 saturated carbocycles. The first-order chi connectivity index (χ1) is 15.6. The number of fused-ring (bicyclic) bond motifs is 1. The van der Waals surface area contributed by atoms with Crippen LogP contribution in [0.3, 0.4) is 0 Å². The minimum absolute atomic E-state index is 0.406. The molecular formula is C21H22N8O2S. The molecule has 0 radical (unpaired) electrons. The first-order valence-electron chi connectivity index (χ1n) is 10.1. The number of piperazine rings is 1. The Labute approximate surface area is 188 Å². The van der Waals surface area contributed by atoms with Gasteiger partial charge in [-0.05, 0) is 43.4 Å². The van der Waals surface area contributed by atoms with E-state index in [0.717, 1.165) is 42.4 Å². The van der Waals surface area contributed by atoms with Gasteiger partial charge in [-0.1, -0.05) is 11.3 Å². The Hall–Kier alpha value is -3.70. The maximum atomic E-state index is 11.0. The number of nitrogens with one attached hydrogen (secondary N) is 1. The van der Waals surface area contributed by atoms with Crippen LogP contribution in [0.4, 0.5) is 22.0 Å². The van der Waals surface area contributed by atoms with Crippen LogP contribution < -0.4 is 20.7 Å². The van der Waals surface area contributed by atoms with Crippen LogP contribution in [0.5, 0.6) is 5.06 Å². The van der Waals surface area contributed by atoms with E-state index in [0.29, 0.717) is 16.5 Å². The zero-order valence-electron chi connectivity index (χ0n) is 17.4. The highest BCUT2D eigenvalue weighted by molar-refractivity contribution is 7.17. The molecule has 5 rings (SSSR count). The minimum atomic E-state index is -0.847. The van der Waals surface area contributed by atoms with Crippen molar-refractivity contribution in [2.24, 2.45) is 5.73 Å². The number of nitrogens with two attached hydrogens (primary N) is 1. The number of nitrogens with zero attached hydrogens (tertiary/aromatic N) is 6. The Balaban J connectivity index is 1.36. The van der Waals surface area contributed by atoms with Gasteiger partial charge in [-0.3, -0.25) is 0 Å². The average Bonchev–Trinajstić information content (AvgIpc) is 3.45. The van der Waals surface area contributed by atoms with E-state index in [1.54, 1.807) is 16.8 Å². The SMILES string of the molecule is CN1CCN(c2ccc(Nc3ncc(-c4ccc(OC(N)=O)s4)n4ncnc34)cc2)CC1. The lowest BCUT2D eigenvalue weighted by molar-refractivity contribution is 0.212. The molecule has 0 bridgehead atoms. The second-order valence-electron chi connectivity index (χ2n) is 7.49. The summed E-state index contributed by atoms with van der Waals surface area (Å²) in [5, 5.41) is 8.08. The average molecular weight is 451 g/mol. The van der Waals surface area contributed by atoms with Crippen LogP contribution in [0.25, 0.3) is 16.2 Å². The molecule has 1 aliphatic rings. The molecule has 4 aromatic rings. The molecule has 32 heavy (non-hydrogen) atoms. The van der Waals surface area contributed by atoms with Gasteiger partial charge in [0.25, 0.3) is 0 Å². The number of ether oxygens (including phenoxy) is 1. The standard InChI is InChI=1S/C21H22N8O2S/c1-27-8-10-28(11-9-27)15-4-2-14(3-5-15)26-19-20-24-13-25-29(20)16(12-23-19)17-6-7-18(32-17)31-21(22)30/h2-7,12-13H,8-11H2,1H3,(H2,22,30)(H,23,26). The van der Waals surface area contributed by atoms with Crippen LogP contribution in [0, 0.1) is 0 Å². The van der Waals surface area contributed by atoms with Gasteiger partial charge in [0.2, 0.25) is 0 Å². The van der Waals surface area contributed by atoms with Gasteiger partial charge in [0, 0.05) is 37.6 Å². The molecular weight excluding hydrogens is 428 g/mol. The van der Waals surface area contributed by atoms with Crippen LogP contribution in [-0.4, -0.2) is 63.8 Å². The van der Waals surface area contributed by atoms with E-state index in [2.05, 4.69) is 49.4 Å². The summed E-state index contributed by atoms with van der Waals surface area (Å²) in [6.45, 7) is 4.20. The van der Waals surface area contributed by atoms with E-state index in [1.807, 2.05) is 18.2 Å². The molecule has 11 heteroatoms. The molecule has 1 amide bonds. The molecule has 4 heterocycles.